The Bertz CT molecular complexity index is 1030. The lowest BCUT2D eigenvalue weighted by Crippen LogP contribution is -2.18. The van der Waals surface area contributed by atoms with Crippen molar-refractivity contribution in [1.29, 1.82) is 0 Å². The third-order valence-corrected chi connectivity index (χ3v) is 6.78. The second-order valence-corrected chi connectivity index (χ2v) is 9.46. The van der Waals surface area contributed by atoms with Crippen LogP contribution >= 0.6 is 0 Å². The third kappa shape index (κ3) is 3.78. The van der Waals surface area contributed by atoms with Crippen molar-refractivity contribution < 1.29 is 26.4 Å². The summed E-state index contributed by atoms with van der Waals surface area (Å²) in [5, 5.41) is 6.55. The number of anilines is 1. The number of amides is 1. The molecule has 1 aliphatic heterocycles. The van der Waals surface area contributed by atoms with Crippen LogP contribution in [-0.4, -0.2) is 35.6 Å². The summed E-state index contributed by atoms with van der Waals surface area (Å²) in [5.41, 5.74) is -0.516. The van der Waals surface area contributed by atoms with Gasteiger partial charge in [-0.25, -0.2) is 8.42 Å². The number of carbonyl (C=O) groups excluding carboxylic acids is 1. The first-order valence-corrected chi connectivity index (χ1v) is 10.7. The van der Waals surface area contributed by atoms with Gasteiger partial charge in [0, 0.05) is 11.6 Å². The molecule has 0 spiro atoms. The van der Waals surface area contributed by atoms with Crippen molar-refractivity contribution in [3.63, 3.8) is 0 Å². The SMILES string of the molecule is O=C(Nc1ccccc1C(F)(F)F)c1cc(C2CC2)n([C@H]2CCS(=O)(=O)C2)n1. The first kappa shape index (κ1) is 19.0. The Labute approximate surface area is 159 Å². The smallest absolute Gasteiger partial charge is 0.320 e. The number of hydrogen-bond acceptors (Lipinski definition) is 4. The van der Waals surface area contributed by atoms with Crippen molar-refractivity contribution in [2.24, 2.45) is 0 Å². The molecule has 2 aliphatic rings. The molecular formula is C18H18F3N3O3S. The molecule has 1 atom stereocenters. The highest BCUT2D eigenvalue weighted by Crippen LogP contribution is 2.42. The summed E-state index contributed by atoms with van der Waals surface area (Å²) in [4.78, 5) is 12.6. The van der Waals surface area contributed by atoms with Gasteiger partial charge in [0.25, 0.3) is 5.91 Å². The van der Waals surface area contributed by atoms with Crippen LogP contribution in [-0.2, 0) is 16.0 Å². The highest BCUT2D eigenvalue weighted by Gasteiger charge is 2.37. The number of carbonyl (C=O) groups is 1. The van der Waals surface area contributed by atoms with Gasteiger partial charge in [0.2, 0.25) is 0 Å². The van der Waals surface area contributed by atoms with Gasteiger partial charge in [0.05, 0.1) is 28.8 Å². The molecule has 0 bridgehead atoms. The average molecular weight is 413 g/mol. The van der Waals surface area contributed by atoms with Gasteiger partial charge in [-0.05, 0) is 37.5 Å². The van der Waals surface area contributed by atoms with Gasteiger partial charge in [-0.2, -0.15) is 18.3 Å². The summed E-state index contributed by atoms with van der Waals surface area (Å²) >= 11 is 0. The maximum atomic E-state index is 13.1. The van der Waals surface area contributed by atoms with Crippen molar-refractivity contribution in [1.82, 2.24) is 9.78 Å². The Balaban J connectivity index is 1.62. The van der Waals surface area contributed by atoms with E-state index < -0.39 is 27.5 Å². The second-order valence-electron chi connectivity index (χ2n) is 7.23. The van der Waals surface area contributed by atoms with E-state index in [4.69, 9.17) is 0 Å². The minimum absolute atomic E-state index is 0.0109. The molecule has 1 saturated carbocycles. The average Bonchev–Trinajstić information content (AvgIpc) is 3.25. The molecule has 4 rings (SSSR count). The molecule has 2 aromatic rings. The monoisotopic (exact) mass is 413 g/mol. The molecular weight excluding hydrogens is 395 g/mol. The van der Waals surface area contributed by atoms with Crippen LogP contribution in [0.15, 0.2) is 30.3 Å². The molecule has 2 heterocycles. The van der Waals surface area contributed by atoms with E-state index in [-0.39, 0.29) is 34.8 Å². The number of para-hydroxylation sites is 1. The lowest BCUT2D eigenvalue weighted by Gasteiger charge is -2.13. The summed E-state index contributed by atoms with van der Waals surface area (Å²) in [6, 6.07) is 5.95. The zero-order valence-electron chi connectivity index (χ0n) is 14.7. The number of nitrogens with one attached hydrogen (secondary N) is 1. The fourth-order valence-corrected chi connectivity index (χ4v) is 5.18. The predicted molar refractivity (Wildman–Crippen MR) is 95.9 cm³/mol. The maximum Gasteiger partial charge on any atom is 0.418 e. The Morgan fingerprint density at radius 3 is 2.50 bits per heavy atom. The number of halogens is 3. The van der Waals surface area contributed by atoms with Gasteiger partial charge in [-0.1, -0.05) is 12.1 Å². The fraction of sp³-hybridized carbons (Fsp3) is 0.444. The van der Waals surface area contributed by atoms with Crippen LogP contribution in [0.25, 0.3) is 0 Å². The quantitative estimate of drug-likeness (QED) is 0.833. The van der Waals surface area contributed by atoms with E-state index in [1.165, 1.54) is 18.2 Å². The number of benzene rings is 1. The van der Waals surface area contributed by atoms with E-state index >= 15 is 0 Å². The summed E-state index contributed by atoms with van der Waals surface area (Å²) in [7, 11) is -3.13. The van der Waals surface area contributed by atoms with Crippen molar-refractivity contribution in [2.45, 2.75) is 37.4 Å². The van der Waals surface area contributed by atoms with Crippen molar-refractivity contribution in [3.05, 3.63) is 47.3 Å². The molecule has 1 amide bonds. The molecule has 10 heteroatoms. The first-order valence-electron chi connectivity index (χ1n) is 8.91. The molecule has 150 valence electrons. The van der Waals surface area contributed by atoms with Gasteiger partial charge in [0.1, 0.15) is 0 Å². The second kappa shape index (κ2) is 6.61. The van der Waals surface area contributed by atoms with Crippen LogP contribution in [0, 0.1) is 0 Å². The molecule has 1 aliphatic carbocycles. The zero-order chi connectivity index (χ0) is 20.1. The van der Waals surface area contributed by atoms with Crippen molar-refractivity contribution >= 4 is 21.4 Å². The van der Waals surface area contributed by atoms with Crippen LogP contribution in [0.1, 0.15) is 53.0 Å². The Morgan fingerprint density at radius 2 is 1.89 bits per heavy atom. The Kier molecular flexibility index (Phi) is 4.48. The summed E-state index contributed by atoms with van der Waals surface area (Å²) in [5.74, 6) is -0.507. The number of alkyl halides is 3. The first-order chi connectivity index (χ1) is 13.1. The van der Waals surface area contributed by atoms with Crippen LogP contribution in [0.4, 0.5) is 18.9 Å². The normalized spacial score (nSPS) is 21.6. The minimum Gasteiger partial charge on any atom is -0.320 e. The van der Waals surface area contributed by atoms with E-state index in [9.17, 15) is 26.4 Å². The number of nitrogens with zero attached hydrogens (tertiary/aromatic N) is 2. The van der Waals surface area contributed by atoms with Crippen LogP contribution in [0.2, 0.25) is 0 Å². The number of hydrogen-bond donors (Lipinski definition) is 1. The zero-order valence-corrected chi connectivity index (χ0v) is 15.6. The van der Waals surface area contributed by atoms with Crippen LogP contribution in [0.5, 0.6) is 0 Å². The number of aromatic nitrogens is 2. The molecule has 1 aromatic heterocycles. The van der Waals surface area contributed by atoms with Gasteiger partial charge in [0.15, 0.2) is 15.5 Å². The predicted octanol–water partition coefficient (Wildman–Crippen LogP) is 3.39. The molecule has 1 saturated heterocycles. The number of rotatable bonds is 4. The van der Waals surface area contributed by atoms with Crippen molar-refractivity contribution in [2.75, 3.05) is 16.8 Å². The van der Waals surface area contributed by atoms with E-state index in [1.807, 2.05) is 0 Å². The lowest BCUT2D eigenvalue weighted by atomic mass is 10.1. The highest BCUT2D eigenvalue weighted by molar-refractivity contribution is 7.91. The molecule has 0 unspecified atom stereocenters. The number of sulfone groups is 1. The summed E-state index contributed by atoms with van der Waals surface area (Å²) in [6.45, 7) is 0. The summed E-state index contributed by atoms with van der Waals surface area (Å²) < 4.78 is 64.6. The van der Waals surface area contributed by atoms with Crippen molar-refractivity contribution in [3.8, 4) is 0 Å². The molecule has 1 aromatic carbocycles. The topological polar surface area (TPSA) is 81.1 Å². The van der Waals surface area contributed by atoms with E-state index in [0.29, 0.717) is 6.42 Å². The maximum absolute atomic E-state index is 13.1. The summed E-state index contributed by atoms with van der Waals surface area (Å²) in [6.07, 6.45) is -2.34. The van der Waals surface area contributed by atoms with Crippen LogP contribution in [0.3, 0.4) is 0 Å². The Hall–Kier alpha value is -2.36. The third-order valence-electron chi connectivity index (χ3n) is 5.03. The van der Waals surface area contributed by atoms with Gasteiger partial charge >= 0.3 is 6.18 Å². The fourth-order valence-electron chi connectivity index (χ4n) is 3.49. The molecule has 2 fully saturated rings. The largest absolute Gasteiger partial charge is 0.418 e. The van der Waals surface area contributed by atoms with Gasteiger partial charge in [-0.15, -0.1) is 0 Å². The van der Waals surface area contributed by atoms with Gasteiger partial charge in [-0.3, -0.25) is 9.48 Å². The van der Waals surface area contributed by atoms with Crippen LogP contribution < -0.4 is 5.32 Å². The minimum atomic E-state index is -4.60. The standard InChI is InChI=1S/C18H18F3N3O3S/c19-18(20,21)13-3-1-2-4-14(13)22-17(25)15-9-16(11-5-6-11)24(23-15)12-7-8-28(26,27)10-12/h1-4,9,11-12H,5-8,10H2,(H,22,25)/t12-/m0/s1. The highest BCUT2D eigenvalue weighted by atomic mass is 32.2. The van der Waals surface area contributed by atoms with Gasteiger partial charge < -0.3 is 5.32 Å². The molecule has 6 nitrogen and oxygen atoms in total. The van der Waals surface area contributed by atoms with E-state index in [0.717, 1.165) is 24.6 Å². The van der Waals surface area contributed by atoms with E-state index in [1.54, 1.807) is 10.7 Å². The molecule has 28 heavy (non-hydrogen) atoms. The lowest BCUT2D eigenvalue weighted by molar-refractivity contribution is -0.136. The molecule has 1 N–H and O–H groups in total. The van der Waals surface area contributed by atoms with E-state index in [2.05, 4.69) is 10.4 Å². The Morgan fingerprint density at radius 1 is 1.18 bits per heavy atom. The molecule has 0 radical (unpaired) electrons.